The Balaban J connectivity index is 1.82. The summed E-state index contributed by atoms with van der Waals surface area (Å²) in [4.78, 5) is 0. The van der Waals surface area contributed by atoms with E-state index in [1.165, 1.54) is 16.8 Å². The van der Waals surface area contributed by atoms with Crippen LogP contribution in [0.5, 0.6) is 5.75 Å². The minimum absolute atomic E-state index is 0.487. The normalized spacial score (nSPS) is 17.6. The van der Waals surface area contributed by atoms with Crippen LogP contribution in [0.2, 0.25) is 0 Å². The number of nitrogens with zero attached hydrogens (tertiary/aromatic N) is 2. The minimum Gasteiger partial charge on any atom is -0.493 e. The molecule has 0 amide bonds. The molecule has 0 saturated carbocycles. The average Bonchev–Trinajstić information content (AvgIpc) is 2.81. The number of para-hydroxylation sites is 1. The van der Waals surface area contributed by atoms with Gasteiger partial charge in [0.1, 0.15) is 5.75 Å². The molecule has 106 valence electrons. The molecule has 0 aliphatic carbocycles. The summed E-state index contributed by atoms with van der Waals surface area (Å²) in [7, 11) is 1.96. The molecule has 1 unspecified atom stereocenters. The Kier molecular flexibility index (Phi) is 3.74. The molecule has 3 rings (SSSR count). The van der Waals surface area contributed by atoms with Crippen molar-refractivity contribution in [3.63, 3.8) is 0 Å². The Hall–Kier alpha value is -1.81. The third-order valence-corrected chi connectivity index (χ3v) is 4.05. The van der Waals surface area contributed by atoms with Gasteiger partial charge in [-0.15, -0.1) is 0 Å². The van der Waals surface area contributed by atoms with Gasteiger partial charge in [-0.1, -0.05) is 18.2 Å². The molecular weight excluding hydrogens is 250 g/mol. The van der Waals surface area contributed by atoms with Gasteiger partial charge in [-0.2, -0.15) is 5.10 Å². The first kappa shape index (κ1) is 13.2. The Morgan fingerprint density at radius 3 is 3.10 bits per heavy atom. The molecule has 20 heavy (non-hydrogen) atoms. The van der Waals surface area contributed by atoms with Crippen molar-refractivity contribution in [1.82, 2.24) is 15.1 Å². The molecular formula is C16H21N3O. The summed E-state index contributed by atoms with van der Waals surface area (Å²) in [5.74, 6) is 1.52. The number of benzene rings is 1. The first-order valence-corrected chi connectivity index (χ1v) is 7.17. The van der Waals surface area contributed by atoms with Crippen LogP contribution in [0.25, 0.3) is 0 Å². The van der Waals surface area contributed by atoms with Gasteiger partial charge in [0.15, 0.2) is 0 Å². The summed E-state index contributed by atoms with van der Waals surface area (Å²) in [6.07, 6.45) is 3.02. The van der Waals surface area contributed by atoms with E-state index in [2.05, 4.69) is 40.2 Å². The third kappa shape index (κ3) is 2.43. The zero-order chi connectivity index (χ0) is 13.9. The third-order valence-electron chi connectivity index (χ3n) is 4.05. The Bertz CT molecular complexity index is 591. The van der Waals surface area contributed by atoms with E-state index in [4.69, 9.17) is 4.74 Å². The Morgan fingerprint density at radius 1 is 1.40 bits per heavy atom. The second-order valence-corrected chi connectivity index (χ2v) is 5.34. The van der Waals surface area contributed by atoms with Crippen molar-refractivity contribution in [3.05, 3.63) is 47.3 Å². The molecule has 0 saturated heterocycles. The molecule has 4 heteroatoms. The SMILES string of the molecule is CNCc1cnn(CC2CCOc3ccccc32)c1C. The lowest BCUT2D eigenvalue weighted by Crippen LogP contribution is -2.19. The van der Waals surface area contributed by atoms with E-state index in [1.54, 1.807) is 0 Å². The van der Waals surface area contributed by atoms with Crippen LogP contribution in [0.1, 0.15) is 29.2 Å². The minimum atomic E-state index is 0.487. The fraction of sp³-hybridized carbons (Fsp3) is 0.438. The molecule has 1 aliphatic heterocycles. The molecule has 1 aromatic heterocycles. The Morgan fingerprint density at radius 2 is 2.25 bits per heavy atom. The highest BCUT2D eigenvalue weighted by Gasteiger charge is 2.22. The maximum Gasteiger partial charge on any atom is 0.122 e. The topological polar surface area (TPSA) is 39.1 Å². The smallest absolute Gasteiger partial charge is 0.122 e. The quantitative estimate of drug-likeness (QED) is 0.928. The average molecular weight is 271 g/mol. The van der Waals surface area contributed by atoms with Crippen molar-refractivity contribution in [2.45, 2.75) is 32.4 Å². The van der Waals surface area contributed by atoms with Crippen LogP contribution < -0.4 is 10.1 Å². The zero-order valence-electron chi connectivity index (χ0n) is 12.1. The van der Waals surface area contributed by atoms with Crippen molar-refractivity contribution >= 4 is 0 Å². The molecule has 1 atom stereocenters. The summed E-state index contributed by atoms with van der Waals surface area (Å²) in [5, 5.41) is 7.72. The van der Waals surface area contributed by atoms with Gasteiger partial charge in [0.25, 0.3) is 0 Å². The van der Waals surface area contributed by atoms with Crippen LogP contribution in [-0.4, -0.2) is 23.4 Å². The largest absolute Gasteiger partial charge is 0.493 e. The van der Waals surface area contributed by atoms with Gasteiger partial charge >= 0.3 is 0 Å². The van der Waals surface area contributed by atoms with Crippen LogP contribution in [0.4, 0.5) is 0 Å². The fourth-order valence-corrected chi connectivity index (χ4v) is 2.85. The van der Waals surface area contributed by atoms with Gasteiger partial charge in [0.05, 0.1) is 12.8 Å². The highest BCUT2D eigenvalue weighted by atomic mass is 16.5. The van der Waals surface area contributed by atoms with Crippen LogP contribution in [0.15, 0.2) is 30.5 Å². The zero-order valence-corrected chi connectivity index (χ0v) is 12.1. The summed E-state index contributed by atoms with van der Waals surface area (Å²) < 4.78 is 7.85. The maximum atomic E-state index is 5.73. The summed E-state index contributed by atoms with van der Waals surface area (Å²) >= 11 is 0. The predicted octanol–water partition coefficient (Wildman–Crippen LogP) is 2.48. The fourth-order valence-electron chi connectivity index (χ4n) is 2.85. The van der Waals surface area contributed by atoms with Crippen molar-refractivity contribution in [1.29, 1.82) is 0 Å². The molecule has 0 radical (unpaired) electrons. The second-order valence-electron chi connectivity index (χ2n) is 5.34. The van der Waals surface area contributed by atoms with Crippen LogP contribution in [0.3, 0.4) is 0 Å². The molecule has 0 fully saturated rings. The lowest BCUT2D eigenvalue weighted by molar-refractivity contribution is 0.256. The van der Waals surface area contributed by atoms with Gasteiger partial charge in [0.2, 0.25) is 0 Å². The number of hydrogen-bond acceptors (Lipinski definition) is 3. The molecule has 1 aliphatic rings. The first-order valence-electron chi connectivity index (χ1n) is 7.17. The summed E-state index contributed by atoms with van der Waals surface area (Å²) in [5.41, 5.74) is 3.83. The van der Waals surface area contributed by atoms with Gasteiger partial charge in [-0.05, 0) is 32.0 Å². The molecule has 2 heterocycles. The van der Waals surface area contributed by atoms with E-state index in [0.29, 0.717) is 5.92 Å². The monoisotopic (exact) mass is 271 g/mol. The van der Waals surface area contributed by atoms with E-state index in [-0.39, 0.29) is 0 Å². The number of ether oxygens (including phenoxy) is 1. The number of rotatable bonds is 4. The molecule has 0 bridgehead atoms. The number of fused-ring (bicyclic) bond motifs is 1. The second kappa shape index (κ2) is 5.67. The van der Waals surface area contributed by atoms with Gasteiger partial charge < -0.3 is 10.1 Å². The van der Waals surface area contributed by atoms with Crippen LogP contribution in [0, 0.1) is 6.92 Å². The number of nitrogens with one attached hydrogen (secondary N) is 1. The van der Waals surface area contributed by atoms with Crippen molar-refractivity contribution in [2.24, 2.45) is 0 Å². The van der Waals surface area contributed by atoms with Crippen molar-refractivity contribution in [3.8, 4) is 5.75 Å². The van der Waals surface area contributed by atoms with Gasteiger partial charge in [-0.25, -0.2) is 0 Å². The lowest BCUT2D eigenvalue weighted by Gasteiger charge is -2.26. The van der Waals surface area contributed by atoms with E-state index < -0.39 is 0 Å². The molecule has 1 N–H and O–H groups in total. The Labute approximate surface area is 119 Å². The van der Waals surface area contributed by atoms with Crippen molar-refractivity contribution in [2.75, 3.05) is 13.7 Å². The first-order chi connectivity index (χ1) is 9.79. The number of aromatic nitrogens is 2. The number of hydrogen-bond donors (Lipinski definition) is 1. The van der Waals surface area contributed by atoms with E-state index >= 15 is 0 Å². The summed E-state index contributed by atoms with van der Waals surface area (Å²) in [6.45, 7) is 4.74. The maximum absolute atomic E-state index is 5.73. The van der Waals surface area contributed by atoms with E-state index in [0.717, 1.165) is 31.9 Å². The lowest BCUT2D eigenvalue weighted by atomic mass is 9.93. The van der Waals surface area contributed by atoms with Crippen LogP contribution >= 0.6 is 0 Å². The molecule has 4 nitrogen and oxygen atoms in total. The van der Waals surface area contributed by atoms with Crippen molar-refractivity contribution < 1.29 is 4.74 Å². The highest BCUT2D eigenvalue weighted by Crippen LogP contribution is 2.34. The predicted molar refractivity (Wildman–Crippen MR) is 79.0 cm³/mol. The standard InChI is InChI=1S/C16H21N3O/c1-12-14(9-17-2)10-18-19(12)11-13-7-8-20-16-6-4-3-5-15(13)16/h3-6,10,13,17H,7-9,11H2,1-2H3. The molecule has 1 aromatic carbocycles. The van der Waals surface area contributed by atoms with Gasteiger partial charge in [0, 0.05) is 30.3 Å². The highest BCUT2D eigenvalue weighted by molar-refractivity contribution is 5.37. The van der Waals surface area contributed by atoms with E-state index in [1.807, 2.05) is 19.3 Å². The van der Waals surface area contributed by atoms with Crippen LogP contribution in [-0.2, 0) is 13.1 Å². The summed E-state index contributed by atoms with van der Waals surface area (Å²) in [6, 6.07) is 8.35. The van der Waals surface area contributed by atoms with Gasteiger partial charge in [-0.3, -0.25) is 4.68 Å². The molecule has 0 spiro atoms. The molecule has 2 aromatic rings. The van der Waals surface area contributed by atoms with E-state index in [9.17, 15) is 0 Å².